The van der Waals surface area contributed by atoms with Crippen molar-refractivity contribution >= 4 is 5.97 Å². The lowest BCUT2D eigenvalue weighted by atomic mass is 9.33. The molecule has 378 valence electrons. The second-order valence-corrected chi connectivity index (χ2v) is 23.5. The highest BCUT2D eigenvalue weighted by molar-refractivity contribution is 5.79. The number of aliphatic hydroxyl groups excluding tert-OH is 11. The van der Waals surface area contributed by atoms with Crippen LogP contribution in [-0.4, -0.2) is 180 Å². The Morgan fingerprint density at radius 3 is 1.74 bits per heavy atom. The average molecular weight is 943 g/mol. The monoisotopic (exact) mass is 943 g/mol. The minimum atomic E-state index is -1.95. The SMILES string of the molecule is CC1(C)CC[C@]2(C(=O)O[C@@H]3O[C@H](CO)[C@@H](O)[C@H](O)[C@H]3O[C@@H]3O[C@H](CO)[C@@H](O)[C@H](O)[C@H]3O[C@@H]3O[C@H](CO)[C@@H](O)[C@H](O)[C@H]3O)CC[C@]3(C)C(=CC[C@@H]4[C@@]5(C)CC[C@H](O)C(C)(C)[C@@H]5CC[C@]43C)[C@@H]2C1. The molecule has 3 aliphatic heterocycles. The maximum atomic E-state index is 15.3. The summed E-state index contributed by atoms with van der Waals surface area (Å²) in [5.74, 6) is -0.0706. The number of hydrogen-bond acceptors (Lipinski definition) is 18. The van der Waals surface area contributed by atoms with Crippen molar-refractivity contribution in [3.05, 3.63) is 11.6 Å². The molecule has 5 aliphatic carbocycles. The molecule has 3 saturated heterocycles. The number of allylic oxidation sites excluding steroid dienone is 2. The topological polar surface area (TPSA) is 295 Å². The van der Waals surface area contributed by atoms with Crippen LogP contribution in [0.1, 0.15) is 113 Å². The molecule has 0 aromatic rings. The van der Waals surface area contributed by atoms with E-state index in [-0.39, 0.29) is 39.1 Å². The lowest BCUT2D eigenvalue weighted by Gasteiger charge is -2.71. The second-order valence-electron chi connectivity index (χ2n) is 23.5. The van der Waals surface area contributed by atoms with Crippen LogP contribution < -0.4 is 0 Å². The molecule has 23 atom stereocenters. The highest BCUT2D eigenvalue weighted by atomic mass is 16.8. The molecular weight excluding hydrogens is 865 g/mol. The molecule has 0 radical (unpaired) electrons. The molecule has 8 aliphatic rings. The van der Waals surface area contributed by atoms with Gasteiger partial charge < -0.3 is 84.6 Å². The van der Waals surface area contributed by atoms with Gasteiger partial charge in [-0.2, -0.15) is 0 Å². The van der Waals surface area contributed by atoms with Gasteiger partial charge in [0.25, 0.3) is 0 Å². The third-order valence-corrected chi connectivity index (χ3v) is 19.3. The molecule has 0 unspecified atom stereocenters. The zero-order chi connectivity index (χ0) is 48.3. The van der Waals surface area contributed by atoms with E-state index >= 15 is 4.79 Å². The van der Waals surface area contributed by atoms with Gasteiger partial charge >= 0.3 is 5.97 Å². The molecular formula is C48H78O18. The number of esters is 1. The van der Waals surface area contributed by atoms with Crippen molar-refractivity contribution < 1.29 is 89.4 Å². The third kappa shape index (κ3) is 7.87. The van der Waals surface area contributed by atoms with Crippen LogP contribution in [0, 0.1) is 50.2 Å². The van der Waals surface area contributed by atoms with Crippen molar-refractivity contribution in [2.45, 2.75) is 211 Å². The van der Waals surface area contributed by atoms with Gasteiger partial charge in [0.05, 0.1) is 31.3 Å². The summed E-state index contributed by atoms with van der Waals surface area (Å²) in [5, 5.41) is 118. The molecule has 66 heavy (non-hydrogen) atoms. The molecule has 8 rings (SSSR count). The van der Waals surface area contributed by atoms with E-state index in [2.05, 4.69) is 54.5 Å². The Morgan fingerprint density at radius 1 is 0.606 bits per heavy atom. The number of hydrogen-bond donors (Lipinski definition) is 11. The number of fused-ring (bicyclic) bond motifs is 7. The predicted molar refractivity (Wildman–Crippen MR) is 230 cm³/mol. The lowest BCUT2D eigenvalue weighted by Crippen LogP contribution is -2.67. The summed E-state index contributed by atoms with van der Waals surface area (Å²) in [6.45, 7) is 13.8. The summed E-state index contributed by atoms with van der Waals surface area (Å²) >= 11 is 0. The van der Waals surface area contributed by atoms with Gasteiger partial charge in [-0.15, -0.1) is 0 Å². The van der Waals surface area contributed by atoms with Crippen LogP contribution in [0.3, 0.4) is 0 Å². The van der Waals surface area contributed by atoms with Crippen LogP contribution in [0.5, 0.6) is 0 Å². The quantitative estimate of drug-likeness (QED) is 0.108. The number of rotatable bonds is 9. The molecule has 0 aromatic heterocycles. The summed E-state index contributed by atoms with van der Waals surface area (Å²) in [6, 6.07) is 0. The van der Waals surface area contributed by atoms with Crippen LogP contribution in [0.4, 0.5) is 0 Å². The summed E-state index contributed by atoms with van der Waals surface area (Å²) < 4.78 is 35.8. The first-order chi connectivity index (χ1) is 30.9. The Kier molecular flexibility index (Phi) is 13.9. The van der Waals surface area contributed by atoms with Gasteiger partial charge in [-0.1, -0.05) is 60.1 Å². The fraction of sp³-hybridized carbons (Fsp3) is 0.938. The van der Waals surface area contributed by atoms with E-state index in [0.717, 1.165) is 38.5 Å². The van der Waals surface area contributed by atoms with Crippen LogP contribution in [0.2, 0.25) is 0 Å². The minimum Gasteiger partial charge on any atom is -0.432 e. The fourth-order valence-electron chi connectivity index (χ4n) is 14.9. The van der Waals surface area contributed by atoms with Crippen LogP contribution in [0.15, 0.2) is 11.6 Å². The molecule has 18 nitrogen and oxygen atoms in total. The Hall–Kier alpha value is -1.43. The number of aliphatic hydroxyl groups is 11. The first-order valence-electron chi connectivity index (χ1n) is 24.3. The molecule has 0 amide bonds. The number of carbonyl (C=O) groups excluding carboxylic acids is 1. The maximum absolute atomic E-state index is 15.3. The molecule has 18 heteroatoms. The third-order valence-electron chi connectivity index (χ3n) is 19.3. The Morgan fingerprint density at radius 2 is 1.14 bits per heavy atom. The standard InChI is InChI=1S/C48H78O18/c1-43(2)14-16-48(17-15-46(6)22(23(48)18-43)8-9-28-45(5)12-11-29(52)44(3,4)27(45)10-13-47(28,46)7)42(60)66-41-38(35(58)32(55)26(21-51)63-41)65-40-37(34(57)31(54)25(20-50)62-40)64-39-36(59)33(56)30(53)24(19-49)61-39/h8,23-41,49-59H,9-21H2,1-7H3/t23-,24+,25+,26+,27-,28+,29-,30+,31+,32+,33-,34-,35-,36+,37+,38+,39-,40-,41-,45-,46+,47+,48-/m0/s1. The molecule has 7 fully saturated rings. The molecule has 0 spiro atoms. The average Bonchev–Trinajstić information content (AvgIpc) is 3.27. The fourth-order valence-corrected chi connectivity index (χ4v) is 14.9. The van der Waals surface area contributed by atoms with E-state index in [0.29, 0.717) is 37.5 Å². The molecule has 0 aromatic carbocycles. The Labute approximate surface area is 387 Å². The largest absolute Gasteiger partial charge is 0.432 e. The molecule has 4 saturated carbocycles. The Balaban J connectivity index is 1.10. The van der Waals surface area contributed by atoms with Crippen molar-refractivity contribution in [1.82, 2.24) is 0 Å². The smallest absolute Gasteiger partial charge is 0.315 e. The lowest BCUT2D eigenvalue weighted by molar-refractivity contribution is -0.391. The van der Waals surface area contributed by atoms with Gasteiger partial charge in [0.2, 0.25) is 6.29 Å². The first kappa shape index (κ1) is 50.9. The van der Waals surface area contributed by atoms with E-state index in [1.54, 1.807) is 0 Å². The molecule has 3 heterocycles. The van der Waals surface area contributed by atoms with Gasteiger partial charge in [0.15, 0.2) is 18.7 Å². The summed E-state index contributed by atoms with van der Waals surface area (Å²) in [7, 11) is 0. The highest BCUT2D eigenvalue weighted by Crippen LogP contribution is 2.76. The molecule has 0 bridgehead atoms. The summed E-state index contributed by atoms with van der Waals surface area (Å²) in [6.07, 6.45) is -16.7. The van der Waals surface area contributed by atoms with Crippen LogP contribution in [-0.2, 0) is 33.2 Å². The van der Waals surface area contributed by atoms with Crippen molar-refractivity contribution in [3.8, 4) is 0 Å². The Bertz CT molecular complexity index is 1790. The normalized spacial score (nSPS) is 53.3. The van der Waals surface area contributed by atoms with E-state index in [1.165, 1.54) is 5.57 Å². The van der Waals surface area contributed by atoms with E-state index < -0.39 is 123 Å². The van der Waals surface area contributed by atoms with Crippen molar-refractivity contribution in [2.75, 3.05) is 19.8 Å². The maximum Gasteiger partial charge on any atom is 0.315 e. The van der Waals surface area contributed by atoms with Gasteiger partial charge in [-0.25, -0.2) is 0 Å². The summed E-state index contributed by atoms with van der Waals surface area (Å²) in [4.78, 5) is 15.3. The van der Waals surface area contributed by atoms with Gasteiger partial charge in [0, 0.05) is 0 Å². The van der Waals surface area contributed by atoms with Gasteiger partial charge in [-0.05, 0) is 109 Å². The van der Waals surface area contributed by atoms with Crippen molar-refractivity contribution in [2.24, 2.45) is 50.2 Å². The highest BCUT2D eigenvalue weighted by Gasteiger charge is 2.70. The molecule has 11 N–H and O–H groups in total. The zero-order valence-electron chi connectivity index (χ0n) is 39.5. The first-order valence-corrected chi connectivity index (χ1v) is 24.3. The van der Waals surface area contributed by atoms with Gasteiger partial charge in [-0.3, -0.25) is 4.79 Å². The van der Waals surface area contributed by atoms with Gasteiger partial charge in [0.1, 0.15) is 67.1 Å². The van der Waals surface area contributed by atoms with Crippen LogP contribution in [0.25, 0.3) is 0 Å². The number of ether oxygens (including phenoxy) is 6. The van der Waals surface area contributed by atoms with Crippen molar-refractivity contribution in [1.29, 1.82) is 0 Å². The zero-order valence-corrected chi connectivity index (χ0v) is 39.5. The summed E-state index contributed by atoms with van der Waals surface area (Å²) in [5.41, 5.74) is -0.388. The van der Waals surface area contributed by atoms with E-state index in [4.69, 9.17) is 28.4 Å². The van der Waals surface area contributed by atoms with Crippen LogP contribution >= 0.6 is 0 Å². The predicted octanol–water partition coefficient (Wildman–Crippen LogP) is 0.141. The van der Waals surface area contributed by atoms with E-state index in [9.17, 15) is 56.2 Å². The minimum absolute atomic E-state index is 0.0221. The van der Waals surface area contributed by atoms with Crippen molar-refractivity contribution in [3.63, 3.8) is 0 Å². The second kappa shape index (κ2) is 18.0. The number of carbonyl (C=O) groups is 1. The van der Waals surface area contributed by atoms with E-state index in [1.807, 2.05) is 0 Å².